The molecular formula is C33H35NO5. The maximum atomic E-state index is 11.6. The van der Waals surface area contributed by atoms with Gasteiger partial charge in [0, 0.05) is 0 Å². The van der Waals surface area contributed by atoms with E-state index in [0.29, 0.717) is 19.8 Å². The molecule has 39 heavy (non-hydrogen) atoms. The Morgan fingerprint density at radius 2 is 1.10 bits per heavy atom. The van der Waals surface area contributed by atoms with E-state index in [2.05, 4.69) is 0 Å². The van der Waals surface area contributed by atoms with Gasteiger partial charge in [-0.15, -0.1) is 0 Å². The molecule has 4 aromatic carbocycles. The quantitative estimate of drug-likeness (QED) is 0.238. The number of ether oxygens (including phenoxy) is 4. The fraction of sp³-hybridized carbons (Fsp3) is 0.273. The van der Waals surface area contributed by atoms with Gasteiger partial charge in [-0.3, -0.25) is 0 Å². The lowest BCUT2D eigenvalue weighted by molar-refractivity contribution is -0.167. The summed E-state index contributed by atoms with van der Waals surface area (Å²) >= 11 is 0. The third-order valence-corrected chi connectivity index (χ3v) is 7.07. The van der Waals surface area contributed by atoms with Crippen LogP contribution in [0, 0.1) is 0 Å². The van der Waals surface area contributed by atoms with Crippen LogP contribution < -0.4 is 4.74 Å². The molecule has 1 aliphatic heterocycles. The maximum absolute atomic E-state index is 11.6. The molecular weight excluding hydrogens is 490 g/mol. The van der Waals surface area contributed by atoms with E-state index in [-0.39, 0.29) is 6.61 Å². The second-order valence-electron chi connectivity index (χ2n) is 9.69. The number of hydroxylamine groups is 2. The van der Waals surface area contributed by atoms with E-state index in [4.69, 9.17) is 18.9 Å². The molecule has 4 atom stereocenters. The molecule has 5 rings (SSSR count). The summed E-state index contributed by atoms with van der Waals surface area (Å²) in [5.41, 5.74) is 4.10. The van der Waals surface area contributed by atoms with E-state index < -0.39 is 24.3 Å². The first-order chi connectivity index (χ1) is 19.2. The van der Waals surface area contributed by atoms with Crippen LogP contribution in [-0.2, 0) is 34.0 Å². The van der Waals surface area contributed by atoms with Crippen molar-refractivity contribution in [2.75, 3.05) is 13.7 Å². The van der Waals surface area contributed by atoms with Crippen molar-refractivity contribution in [1.82, 2.24) is 5.06 Å². The van der Waals surface area contributed by atoms with Gasteiger partial charge < -0.3 is 24.2 Å². The first-order valence-corrected chi connectivity index (χ1v) is 13.3. The third kappa shape index (κ3) is 6.92. The highest BCUT2D eigenvalue weighted by Gasteiger charge is 2.51. The number of rotatable bonds is 12. The van der Waals surface area contributed by atoms with E-state index in [1.165, 1.54) is 5.06 Å². The number of hydrogen-bond donors (Lipinski definition) is 1. The SMILES string of the molecule is COc1ccc([C@H]2[C@H](OCc3ccccc3)[C@H](OCc3ccccc3)[C@@H](COCc3ccccc3)N2O)cc1. The van der Waals surface area contributed by atoms with Crippen LogP contribution in [0.2, 0.25) is 0 Å². The van der Waals surface area contributed by atoms with E-state index in [0.717, 1.165) is 28.0 Å². The lowest BCUT2D eigenvalue weighted by Crippen LogP contribution is -2.40. The monoisotopic (exact) mass is 525 g/mol. The third-order valence-electron chi connectivity index (χ3n) is 7.07. The lowest BCUT2D eigenvalue weighted by Gasteiger charge is -2.26. The summed E-state index contributed by atoms with van der Waals surface area (Å²) < 4.78 is 24.6. The van der Waals surface area contributed by atoms with Crippen molar-refractivity contribution < 1.29 is 24.2 Å². The predicted molar refractivity (Wildman–Crippen MR) is 149 cm³/mol. The summed E-state index contributed by atoms with van der Waals surface area (Å²) in [5.74, 6) is 0.752. The van der Waals surface area contributed by atoms with Crippen LogP contribution in [0.1, 0.15) is 28.3 Å². The largest absolute Gasteiger partial charge is 0.497 e. The van der Waals surface area contributed by atoms with Gasteiger partial charge in [-0.25, -0.2) is 0 Å². The van der Waals surface area contributed by atoms with Crippen molar-refractivity contribution in [3.8, 4) is 5.75 Å². The molecule has 1 N–H and O–H groups in total. The van der Waals surface area contributed by atoms with Crippen LogP contribution in [0.3, 0.4) is 0 Å². The van der Waals surface area contributed by atoms with Crippen molar-refractivity contribution in [3.63, 3.8) is 0 Å². The summed E-state index contributed by atoms with van der Waals surface area (Å²) in [6, 6.07) is 37.0. The zero-order valence-corrected chi connectivity index (χ0v) is 22.1. The Balaban J connectivity index is 1.42. The van der Waals surface area contributed by atoms with Crippen LogP contribution in [0.5, 0.6) is 5.75 Å². The molecule has 0 amide bonds. The first-order valence-electron chi connectivity index (χ1n) is 13.3. The highest BCUT2D eigenvalue weighted by atomic mass is 16.6. The molecule has 0 bridgehead atoms. The summed E-state index contributed by atoms with van der Waals surface area (Å²) in [7, 11) is 1.64. The minimum atomic E-state index is -0.453. The fourth-order valence-electron chi connectivity index (χ4n) is 5.02. The average Bonchev–Trinajstić information content (AvgIpc) is 3.26. The summed E-state index contributed by atoms with van der Waals surface area (Å²) in [6.45, 7) is 1.52. The van der Waals surface area contributed by atoms with Crippen LogP contribution in [-0.4, -0.2) is 42.2 Å². The highest BCUT2D eigenvalue weighted by Crippen LogP contribution is 2.40. The van der Waals surface area contributed by atoms with Gasteiger partial charge in [-0.05, 0) is 34.4 Å². The van der Waals surface area contributed by atoms with Crippen molar-refractivity contribution in [2.24, 2.45) is 0 Å². The van der Waals surface area contributed by atoms with Gasteiger partial charge in [-0.2, -0.15) is 5.06 Å². The number of methoxy groups -OCH3 is 1. The van der Waals surface area contributed by atoms with Crippen molar-refractivity contribution in [3.05, 3.63) is 138 Å². The fourth-order valence-corrected chi connectivity index (χ4v) is 5.02. The van der Waals surface area contributed by atoms with Crippen molar-refractivity contribution >= 4 is 0 Å². The molecule has 0 spiro atoms. The van der Waals surface area contributed by atoms with Crippen LogP contribution in [0.4, 0.5) is 0 Å². The Morgan fingerprint density at radius 1 is 0.615 bits per heavy atom. The molecule has 1 aliphatic rings. The summed E-state index contributed by atoms with van der Waals surface area (Å²) in [5, 5.41) is 13.0. The Kier molecular flexibility index (Phi) is 9.38. The van der Waals surface area contributed by atoms with E-state index in [9.17, 15) is 5.21 Å². The smallest absolute Gasteiger partial charge is 0.118 e. The molecule has 0 aromatic heterocycles. The summed E-state index contributed by atoms with van der Waals surface area (Å²) in [6.07, 6.45) is -0.889. The minimum Gasteiger partial charge on any atom is -0.497 e. The molecule has 202 valence electrons. The molecule has 1 fully saturated rings. The van der Waals surface area contributed by atoms with Gasteiger partial charge in [0.25, 0.3) is 0 Å². The minimum absolute atomic E-state index is 0.280. The predicted octanol–water partition coefficient (Wildman–Crippen LogP) is 6.20. The molecule has 6 nitrogen and oxygen atoms in total. The Morgan fingerprint density at radius 3 is 1.62 bits per heavy atom. The molecule has 0 saturated carbocycles. The average molecular weight is 526 g/mol. The number of nitrogens with zero attached hydrogens (tertiary/aromatic N) is 1. The topological polar surface area (TPSA) is 60.4 Å². The maximum Gasteiger partial charge on any atom is 0.118 e. The molecule has 1 saturated heterocycles. The van der Waals surface area contributed by atoms with Crippen LogP contribution in [0.25, 0.3) is 0 Å². The molecule has 1 heterocycles. The lowest BCUT2D eigenvalue weighted by atomic mass is 10.00. The Bertz CT molecular complexity index is 1250. The number of hydrogen-bond acceptors (Lipinski definition) is 6. The second kappa shape index (κ2) is 13.5. The van der Waals surface area contributed by atoms with Gasteiger partial charge in [0.2, 0.25) is 0 Å². The standard InChI is InChI=1S/C33H35NO5/c1-36-29-19-17-28(18-20-29)31-33(39-23-27-15-9-4-10-16-27)32(38-22-26-13-7-3-8-14-26)30(34(31)35)24-37-21-25-11-5-2-6-12-25/h2-20,30-33,35H,21-24H2,1H3/t30-,31+,32-,33+/m1/s1. The van der Waals surface area contributed by atoms with Gasteiger partial charge in [-0.1, -0.05) is 103 Å². The first kappa shape index (κ1) is 27.1. The molecule has 6 heteroatoms. The zero-order valence-electron chi connectivity index (χ0n) is 22.1. The van der Waals surface area contributed by atoms with Gasteiger partial charge in [0.05, 0.1) is 45.6 Å². The van der Waals surface area contributed by atoms with E-state index in [1.54, 1.807) is 7.11 Å². The van der Waals surface area contributed by atoms with Crippen LogP contribution in [0.15, 0.2) is 115 Å². The molecule has 0 unspecified atom stereocenters. The molecule has 0 aliphatic carbocycles. The zero-order chi connectivity index (χ0) is 26.9. The van der Waals surface area contributed by atoms with Crippen molar-refractivity contribution in [1.29, 1.82) is 0 Å². The Hall–Kier alpha value is -3.52. The highest BCUT2D eigenvalue weighted by molar-refractivity contribution is 5.31. The van der Waals surface area contributed by atoms with Gasteiger partial charge in [0.15, 0.2) is 0 Å². The van der Waals surface area contributed by atoms with Crippen molar-refractivity contribution in [2.45, 2.75) is 44.1 Å². The van der Waals surface area contributed by atoms with E-state index in [1.807, 2.05) is 115 Å². The van der Waals surface area contributed by atoms with Crippen LogP contribution >= 0.6 is 0 Å². The molecule has 4 aromatic rings. The van der Waals surface area contributed by atoms with E-state index >= 15 is 0 Å². The number of benzene rings is 4. The second-order valence-corrected chi connectivity index (χ2v) is 9.69. The Labute approximate surface area is 230 Å². The summed E-state index contributed by atoms with van der Waals surface area (Å²) in [4.78, 5) is 0. The van der Waals surface area contributed by atoms with Gasteiger partial charge >= 0.3 is 0 Å². The molecule has 0 radical (unpaired) electrons. The normalized spacial score (nSPS) is 21.2. The van der Waals surface area contributed by atoms with Gasteiger partial charge in [0.1, 0.15) is 18.0 Å².